The summed E-state index contributed by atoms with van der Waals surface area (Å²) < 4.78 is 2.24. The molecule has 0 amide bonds. The summed E-state index contributed by atoms with van der Waals surface area (Å²) in [5.41, 5.74) is 7.23. The largest absolute Gasteiger partial charge is 0.399 e. The van der Waals surface area contributed by atoms with E-state index >= 15 is 0 Å². The number of aromatic nitrogens is 3. The van der Waals surface area contributed by atoms with Gasteiger partial charge in [-0.15, -0.1) is 5.10 Å². The second-order valence-corrected chi connectivity index (χ2v) is 3.26. The van der Waals surface area contributed by atoms with E-state index in [-0.39, 0.29) is 0 Å². The highest BCUT2D eigenvalue weighted by Crippen LogP contribution is 2.10. The van der Waals surface area contributed by atoms with E-state index in [9.17, 15) is 0 Å². The van der Waals surface area contributed by atoms with E-state index in [0.717, 1.165) is 11.4 Å². The van der Waals surface area contributed by atoms with Crippen molar-refractivity contribution in [2.45, 2.75) is 0 Å². The summed E-state index contributed by atoms with van der Waals surface area (Å²) in [6.07, 6.45) is 1.63. The summed E-state index contributed by atoms with van der Waals surface area (Å²) in [6.45, 7) is 0. The number of benzene rings is 1. The standard InChI is InChI=1S/C8H7BrN4/c9-8-11-5-13(12-8)7-3-1-6(10)2-4-7/h1-5H,10H2. The number of hydrogen-bond donors (Lipinski definition) is 1. The molecule has 0 spiro atoms. The number of nitrogen functional groups attached to an aromatic ring is 1. The van der Waals surface area contributed by atoms with Crippen LogP contribution >= 0.6 is 15.9 Å². The van der Waals surface area contributed by atoms with Gasteiger partial charge in [-0.3, -0.25) is 0 Å². The molecule has 0 saturated carbocycles. The average molecular weight is 239 g/mol. The van der Waals surface area contributed by atoms with Gasteiger partial charge in [0, 0.05) is 5.69 Å². The molecule has 5 heteroatoms. The van der Waals surface area contributed by atoms with Crippen molar-refractivity contribution in [1.82, 2.24) is 14.8 Å². The number of nitrogens with two attached hydrogens (primary N) is 1. The number of nitrogens with zero attached hydrogens (tertiary/aromatic N) is 3. The molecular weight excluding hydrogens is 232 g/mol. The third-order valence-corrected chi connectivity index (χ3v) is 1.98. The van der Waals surface area contributed by atoms with Gasteiger partial charge in [0.05, 0.1) is 5.69 Å². The monoisotopic (exact) mass is 238 g/mol. The lowest BCUT2D eigenvalue weighted by Crippen LogP contribution is -1.94. The van der Waals surface area contributed by atoms with Gasteiger partial charge in [0.25, 0.3) is 0 Å². The van der Waals surface area contributed by atoms with Gasteiger partial charge >= 0.3 is 0 Å². The van der Waals surface area contributed by atoms with Crippen LogP contribution in [0.5, 0.6) is 0 Å². The molecule has 0 aliphatic rings. The minimum Gasteiger partial charge on any atom is -0.399 e. The van der Waals surface area contributed by atoms with Crippen LogP contribution < -0.4 is 5.73 Å². The summed E-state index contributed by atoms with van der Waals surface area (Å²) >= 11 is 3.18. The Morgan fingerprint density at radius 1 is 1.23 bits per heavy atom. The summed E-state index contributed by atoms with van der Waals surface area (Å²) in [5, 5.41) is 4.09. The topological polar surface area (TPSA) is 56.7 Å². The molecule has 0 radical (unpaired) electrons. The second kappa shape index (κ2) is 3.18. The molecule has 1 aromatic carbocycles. The molecule has 2 N–H and O–H groups in total. The number of rotatable bonds is 1. The second-order valence-electron chi connectivity index (χ2n) is 2.55. The van der Waals surface area contributed by atoms with Crippen LogP contribution in [0.2, 0.25) is 0 Å². The Morgan fingerprint density at radius 3 is 2.46 bits per heavy atom. The van der Waals surface area contributed by atoms with Crippen LogP contribution in [0.3, 0.4) is 0 Å². The van der Waals surface area contributed by atoms with Crippen molar-refractivity contribution >= 4 is 21.6 Å². The smallest absolute Gasteiger partial charge is 0.217 e. The predicted molar refractivity (Wildman–Crippen MR) is 53.5 cm³/mol. The van der Waals surface area contributed by atoms with Crippen molar-refractivity contribution in [3.8, 4) is 5.69 Å². The SMILES string of the molecule is Nc1ccc(-n2cnc(Br)n2)cc1. The van der Waals surface area contributed by atoms with Gasteiger partial charge in [-0.1, -0.05) is 0 Å². The van der Waals surface area contributed by atoms with E-state index in [2.05, 4.69) is 26.0 Å². The quantitative estimate of drug-likeness (QED) is 0.769. The maximum absolute atomic E-state index is 5.56. The zero-order valence-electron chi connectivity index (χ0n) is 6.68. The molecule has 13 heavy (non-hydrogen) atoms. The fourth-order valence-electron chi connectivity index (χ4n) is 0.994. The lowest BCUT2D eigenvalue weighted by Gasteiger charge is -1.99. The number of halogens is 1. The van der Waals surface area contributed by atoms with Crippen LogP contribution in [0, 0.1) is 0 Å². The van der Waals surface area contributed by atoms with Crippen molar-refractivity contribution in [2.75, 3.05) is 5.73 Å². The fraction of sp³-hybridized carbons (Fsp3) is 0. The summed E-state index contributed by atoms with van der Waals surface area (Å²) in [7, 11) is 0. The summed E-state index contributed by atoms with van der Waals surface area (Å²) in [6, 6.07) is 7.42. The van der Waals surface area contributed by atoms with E-state index in [0.29, 0.717) is 4.73 Å². The first-order chi connectivity index (χ1) is 6.25. The zero-order valence-corrected chi connectivity index (χ0v) is 8.27. The molecule has 1 heterocycles. The van der Waals surface area contributed by atoms with Crippen molar-refractivity contribution < 1.29 is 0 Å². The molecule has 0 aliphatic carbocycles. The highest BCUT2D eigenvalue weighted by atomic mass is 79.9. The van der Waals surface area contributed by atoms with E-state index < -0.39 is 0 Å². The van der Waals surface area contributed by atoms with E-state index in [1.807, 2.05) is 24.3 Å². The van der Waals surface area contributed by atoms with E-state index in [1.54, 1.807) is 11.0 Å². The molecule has 66 valence electrons. The van der Waals surface area contributed by atoms with Gasteiger partial charge in [0.2, 0.25) is 4.73 Å². The highest BCUT2D eigenvalue weighted by molar-refractivity contribution is 9.10. The molecule has 1 aromatic heterocycles. The minimum atomic E-state index is 0.573. The van der Waals surface area contributed by atoms with Crippen molar-refractivity contribution in [1.29, 1.82) is 0 Å². The molecular formula is C8H7BrN4. The molecule has 0 fully saturated rings. The van der Waals surface area contributed by atoms with Gasteiger partial charge in [-0.05, 0) is 40.2 Å². The molecule has 0 aliphatic heterocycles. The van der Waals surface area contributed by atoms with Crippen LogP contribution in [-0.2, 0) is 0 Å². The van der Waals surface area contributed by atoms with Crippen LogP contribution in [0.25, 0.3) is 5.69 Å². The molecule has 0 saturated heterocycles. The third-order valence-electron chi connectivity index (χ3n) is 1.62. The molecule has 0 unspecified atom stereocenters. The number of hydrogen-bond acceptors (Lipinski definition) is 3. The van der Waals surface area contributed by atoms with Crippen molar-refractivity contribution in [3.05, 3.63) is 35.3 Å². The molecule has 4 nitrogen and oxygen atoms in total. The molecule has 2 rings (SSSR count). The molecule has 0 atom stereocenters. The Labute approximate surface area is 83.5 Å². The maximum Gasteiger partial charge on any atom is 0.217 e. The Bertz CT molecular complexity index is 406. The third kappa shape index (κ3) is 1.70. The van der Waals surface area contributed by atoms with Crippen LogP contribution in [0.4, 0.5) is 5.69 Å². The van der Waals surface area contributed by atoms with E-state index in [4.69, 9.17) is 5.73 Å². The van der Waals surface area contributed by atoms with Gasteiger partial charge in [-0.25, -0.2) is 9.67 Å². The van der Waals surface area contributed by atoms with Gasteiger partial charge in [0.15, 0.2) is 0 Å². The Balaban J connectivity index is 2.41. The highest BCUT2D eigenvalue weighted by Gasteiger charge is 1.98. The average Bonchev–Trinajstić information content (AvgIpc) is 2.53. The minimum absolute atomic E-state index is 0.573. The number of anilines is 1. The van der Waals surface area contributed by atoms with Crippen LogP contribution in [-0.4, -0.2) is 14.8 Å². The molecule has 0 bridgehead atoms. The van der Waals surface area contributed by atoms with E-state index in [1.165, 1.54) is 0 Å². The van der Waals surface area contributed by atoms with Gasteiger partial charge in [-0.2, -0.15) is 0 Å². The summed E-state index contributed by atoms with van der Waals surface area (Å²) in [5.74, 6) is 0. The van der Waals surface area contributed by atoms with Crippen molar-refractivity contribution in [2.24, 2.45) is 0 Å². The first-order valence-electron chi connectivity index (χ1n) is 3.69. The zero-order chi connectivity index (χ0) is 9.26. The lowest BCUT2D eigenvalue weighted by molar-refractivity contribution is 0.870. The lowest BCUT2D eigenvalue weighted by atomic mass is 10.3. The van der Waals surface area contributed by atoms with Crippen LogP contribution in [0.1, 0.15) is 0 Å². The van der Waals surface area contributed by atoms with Crippen molar-refractivity contribution in [3.63, 3.8) is 0 Å². The fourth-order valence-corrected chi connectivity index (χ4v) is 1.26. The maximum atomic E-state index is 5.56. The first kappa shape index (κ1) is 8.25. The van der Waals surface area contributed by atoms with Crippen LogP contribution in [0.15, 0.2) is 35.3 Å². The van der Waals surface area contributed by atoms with Gasteiger partial charge < -0.3 is 5.73 Å². The van der Waals surface area contributed by atoms with Gasteiger partial charge in [0.1, 0.15) is 6.33 Å². The first-order valence-corrected chi connectivity index (χ1v) is 4.48. The summed E-state index contributed by atoms with van der Waals surface area (Å²) in [4.78, 5) is 3.95. The molecule has 2 aromatic rings. The Kier molecular flexibility index (Phi) is 2.02. The predicted octanol–water partition coefficient (Wildman–Crippen LogP) is 1.61. The Morgan fingerprint density at radius 2 is 1.92 bits per heavy atom. The Hall–Kier alpha value is -1.36. The normalized spacial score (nSPS) is 10.2.